The van der Waals surface area contributed by atoms with Crippen LogP contribution in [0, 0.1) is 23.5 Å². The Morgan fingerprint density at radius 2 is 1.91 bits per heavy atom. The van der Waals surface area contributed by atoms with E-state index in [9.17, 15) is 23.8 Å². The molecule has 9 heteroatoms. The molecule has 0 bridgehead atoms. The number of aliphatic hydroxyl groups is 2. The van der Waals surface area contributed by atoms with Gasteiger partial charge in [0.25, 0.3) is 5.91 Å². The molecule has 0 aliphatic heterocycles. The van der Waals surface area contributed by atoms with Gasteiger partial charge in [0.15, 0.2) is 5.82 Å². The van der Waals surface area contributed by atoms with Crippen LogP contribution in [0.3, 0.4) is 0 Å². The third-order valence-electron chi connectivity index (χ3n) is 6.24. The maximum atomic E-state index is 14.1. The molecular formula is C24H24F2N4O3. The molecule has 7 nitrogen and oxygen atoms in total. The fourth-order valence-electron chi connectivity index (χ4n) is 4.49. The molecular weight excluding hydrogens is 430 g/mol. The third-order valence-corrected chi connectivity index (χ3v) is 6.24. The highest BCUT2D eigenvalue weighted by atomic mass is 19.1. The number of nitrogens with one attached hydrogen (secondary N) is 1. The van der Waals surface area contributed by atoms with Crippen molar-refractivity contribution in [3.8, 4) is 11.4 Å². The highest BCUT2D eigenvalue weighted by Crippen LogP contribution is 2.41. The van der Waals surface area contributed by atoms with Crippen molar-refractivity contribution in [3.63, 3.8) is 0 Å². The molecule has 1 aliphatic carbocycles. The summed E-state index contributed by atoms with van der Waals surface area (Å²) in [4.78, 5) is 25.0. The number of hydrogen-bond acceptors (Lipinski definition) is 6. The molecule has 1 amide bonds. The van der Waals surface area contributed by atoms with Crippen LogP contribution in [0.5, 0.6) is 0 Å². The Bertz CT molecular complexity index is 1130. The smallest absolute Gasteiger partial charge is 0.274 e. The number of benzene rings is 1. The van der Waals surface area contributed by atoms with Crippen molar-refractivity contribution < 1.29 is 23.8 Å². The first-order valence-electron chi connectivity index (χ1n) is 10.7. The minimum absolute atomic E-state index is 0.0374. The second kappa shape index (κ2) is 9.68. The molecule has 1 fully saturated rings. The summed E-state index contributed by atoms with van der Waals surface area (Å²) >= 11 is 0. The Morgan fingerprint density at radius 1 is 1.15 bits per heavy atom. The number of aliphatic hydroxyl groups excluding tert-OH is 2. The van der Waals surface area contributed by atoms with Gasteiger partial charge in [-0.25, -0.2) is 18.7 Å². The van der Waals surface area contributed by atoms with E-state index >= 15 is 0 Å². The predicted octanol–water partition coefficient (Wildman–Crippen LogP) is 3.55. The minimum Gasteiger partial charge on any atom is -0.396 e. The number of carbonyl (C=O) groups is 1. The van der Waals surface area contributed by atoms with Gasteiger partial charge in [-0.15, -0.1) is 0 Å². The van der Waals surface area contributed by atoms with E-state index < -0.39 is 29.2 Å². The minimum atomic E-state index is -0.826. The summed E-state index contributed by atoms with van der Waals surface area (Å²) in [5.41, 5.74) is 0.814. The summed E-state index contributed by atoms with van der Waals surface area (Å²) in [5, 5.41) is 22.8. The van der Waals surface area contributed by atoms with Crippen LogP contribution in [0.4, 0.5) is 14.5 Å². The van der Waals surface area contributed by atoms with E-state index in [1.807, 2.05) is 6.92 Å². The number of anilines is 1. The Kier molecular flexibility index (Phi) is 6.71. The van der Waals surface area contributed by atoms with Gasteiger partial charge < -0.3 is 15.5 Å². The van der Waals surface area contributed by atoms with Crippen LogP contribution in [0.2, 0.25) is 0 Å². The largest absolute Gasteiger partial charge is 0.396 e. The Morgan fingerprint density at radius 3 is 2.61 bits per heavy atom. The van der Waals surface area contributed by atoms with Crippen molar-refractivity contribution in [2.75, 3.05) is 11.9 Å². The van der Waals surface area contributed by atoms with Gasteiger partial charge in [-0.05, 0) is 54.5 Å². The molecule has 1 aliphatic rings. The number of hydrogen-bond donors (Lipinski definition) is 3. The van der Waals surface area contributed by atoms with Gasteiger partial charge in [-0.1, -0.05) is 13.0 Å². The summed E-state index contributed by atoms with van der Waals surface area (Å²) in [7, 11) is 0. The van der Waals surface area contributed by atoms with Crippen LogP contribution in [-0.4, -0.2) is 43.8 Å². The molecule has 4 atom stereocenters. The molecule has 3 aromatic rings. The molecule has 0 saturated heterocycles. The van der Waals surface area contributed by atoms with Crippen molar-refractivity contribution in [3.05, 3.63) is 71.8 Å². The van der Waals surface area contributed by atoms with E-state index in [1.54, 1.807) is 12.3 Å². The summed E-state index contributed by atoms with van der Waals surface area (Å²) in [5.74, 6) is -2.59. The zero-order valence-electron chi connectivity index (χ0n) is 17.9. The Hall–Kier alpha value is -3.30. The van der Waals surface area contributed by atoms with Gasteiger partial charge in [0.1, 0.15) is 17.3 Å². The van der Waals surface area contributed by atoms with E-state index in [1.165, 1.54) is 24.5 Å². The molecule has 3 N–H and O–H groups in total. The quantitative estimate of drug-likeness (QED) is 0.544. The lowest BCUT2D eigenvalue weighted by Gasteiger charge is -2.37. The van der Waals surface area contributed by atoms with E-state index in [-0.39, 0.29) is 35.9 Å². The number of halogens is 2. The molecule has 172 valence electrons. The molecule has 1 saturated carbocycles. The fourth-order valence-corrected chi connectivity index (χ4v) is 4.49. The topological polar surface area (TPSA) is 108 Å². The predicted molar refractivity (Wildman–Crippen MR) is 117 cm³/mol. The number of rotatable bonds is 5. The lowest BCUT2D eigenvalue weighted by molar-refractivity contribution is -0.00186. The first-order valence-corrected chi connectivity index (χ1v) is 10.7. The van der Waals surface area contributed by atoms with Crippen LogP contribution >= 0.6 is 0 Å². The molecule has 4 rings (SSSR count). The zero-order valence-corrected chi connectivity index (χ0v) is 17.9. The van der Waals surface area contributed by atoms with Crippen LogP contribution < -0.4 is 5.32 Å². The standard InChI is InChI=1S/C24H24F2N4O3/c1-13-9-14(10-21(32)16(13)12-31)15-5-7-27-11-20(15)30-24(33)19-6-8-28-23(29-19)22-17(25)3-2-4-18(22)26/h2-8,11,13-14,16,21,31-32H,9-10,12H2,1H3,(H,30,33). The van der Waals surface area contributed by atoms with Crippen molar-refractivity contribution in [1.82, 2.24) is 15.0 Å². The number of carbonyl (C=O) groups excluding carboxylic acids is 1. The van der Waals surface area contributed by atoms with Crippen molar-refractivity contribution in [2.45, 2.75) is 31.8 Å². The summed E-state index contributed by atoms with van der Waals surface area (Å²) in [6.45, 7) is 1.91. The first kappa shape index (κ1) is 22.9. The maximum Gasteiger partial charge on any atom is 0.274 e. The monoisotopic (exact) mass is 454 g/mol. The van der Waals surface area contributed by atoms with Crippen LogP contribution in [-0.2, 0) is 0 Å². The second-order valence-electron chi connectivity index (χ2n) is 8.34. The first-order chi connectivity index (χ1) is 15.9. The van der Waals surface area contributed by atoms with Crippen LogP contribution in [0.1, 0.15) is 41.7 Å². The highest BCUT2D eigenvalue weighted by Gasteiger charge is 2.35. The second-order valence-corrected chi connectivity index (χ2v) is 8.34. The number of nitrogens with zero attached hydrogens (tertiary/aromatic N) is 3. The van der Waals surface area contributed by atoms with Gasteiger partial charge in [0, 0.05) is 24.9 Å². The van der Waals surface area contributed by atoms with Gasteiger partial charge in [0.2, 0.25) is 0 Å². The molecule has 4 unspecified atom stereocenters. The highest BCUT2D eigenvalue weighted by molar-refractivity contribution is 6.03. The lowest BCUT2D eigenvalue weighted by Crippen LogP contribution is -2.37. The van der Waals surface area contributed by atoms with Crippen LogP contribution in [0.15, 0.2) is 48.9 Å². The normalized spacial score (nSPS) is 22.7. The SMILES string of the molecule is CC1CC(c2ccncc2NC(=O)c2ccnc(-c3c(F)cccc3F)n2)CC(O)C1CO. The van der Waals surface area contributed by atoms with Crippen LogP contribution in [0.25, 0.3) is 11.4 Å². The number of aromatic nitrogens is 3. The Balaban J connectivity index is 1.58. The van der Waals surface area contributed by atoms with Crippen molar-refractivity contribution in [2.24, 2.45) is 11.8 Å². The molecule has 0 spiro atoms. The zero-order chi connectivity index (χ0) is 23.5. The fraction of sp³-hybridized carbons (Fsp3) is 0.333. The average Bonchev–Trinajstić information content (AvgIpc) is 2.79. The molecule has 0 radical (unpaired) electrons. The molecule has 2 heterocycles. The molecule has 2 aromatic heterocycles. The van der Waals surface area contributed by atoms with E-state index in [2.05, 4.69) is 20.3 Å². The summed E-state index contributed by atoms with van der Waals surface area (Å²) in [6.07, 6.45) is 4.93. The summed E-state index contributed by atoms with van der Waals surface area (Å²) < 4.78 is 28.3. The number of amides is 1. The van der Waals surface area contributed by atoms with Gasteiger partial charge in [0.05, 0.1) is 23.6 Å². The molecule has 33 heavy (non-hydrogen) atoms. The van der Waals surface area contributed by atoms with E-state index in [0.717, 1.165) is 24.1 Å². The average molecular weight is 454 g/mol. The van der Waals surface area contributed by atoms with E-state index in [4.69, 9.17) is 0 Å². The van der Waals surface area contributed by atoms with Gasteiger partial charge in [-0.3, -0.25) is 9.78 Å². The van der Waals surface area contributed by atoms with Crippen molar-refractivity contribution in [1.29, 1.82) is 0 Å². The maximum absolute atomic E-state index is 14.1. The Labute approximate surface area is 189 Å². The third kappa shape index (κ3) is 4.74. The van der Waals surface area contributed by atoms with Gasteiger partial charge in [-0.2, -0.15) is 0 Å². The summed E-state index contributed by atoms with van der Waals surface area (Å²) in [6, 6.07) is 6.57. The molecule has 1 aromatic carbocycles. The van der Waals surface area contributed by atoms with Crippen molar-refractivity contribution >= 4 is 11.6 Å². The number of pyridine rings is 1. The van der Waals surface area contributed by atoms with Gasteiger partial charge >= 0.3 is 0 Å². The van der Waals surface area contributed by atoms with E-state index in [0.29, 0.717) is 12.1 Å². The lowest BCUT2D eigenvalue weighted by atomic mass is 9.71.